The van der Waals surface area contributed by atoms with Gasteiger partial charge in [0, 0.05) is 19.4 Å². The Bertz CT molecular complexity index is 326. The van der Waals surface area contributed by atoms with Gasteiger partial charge in [0.1, 0.15) is 6.04 Å². The lowest BCUT2D eigenvalue weighted by atomic mass is 9.95. The Morgan fingerprint density at radius 2 is 1.72 bits per heavy atom. The minimum atomic E-state index is -1.04. The number of amides is 2. The molecule has 0 aliphatic heterocycles. The van der Waals surface area contributed by atoms with E-state index in [1.807, 2.05) is 13.8 Å². The first-order chi connectivity index (χ1) is 8.14. The summed E-state index contributed by atoms with van der Waals surface area (Å²) in [6, 6.07) is -0.865. The fourth-order valence-electron chi connectivity index (χ4n) is 1.79. The molecular formula is C12H22N2O4. The van der Waals surface area contributed by atoms with Gasteiger partial charge < -0.3 is 15.7 Å². The molecule has 0 radical (unpaired) electrons. The highest BCUT2D eigenvalue weighted by molar-refractivity contribution is 5.81. The van der Waals surface area contributed by atoms with Crippen LogP contribution in [0.2, 0.25) is 0 Å². The van der Waals surface area contributed by atoms with Crippen molar-refractivity contribution in [1.82, 2.24) is 10.6 Å². The molecule has 2 amide bonds. The monoisotopic (exact) mass is 258 g/mol. The number of carbonyl (C=O) groups is 3. The van der Waals surface area contributed by atoms with Gasteiger partial charge in [0.15, 0.2) is 0 Å². The molecule has 0 aliphatic carbocycles. The van der Waals surface area contributed by atoms with Crippen molar-refractivity contribution in [2.24, 2.45) is 0 Å². The summed E-state index contributed by atoms with van der Waals surface area (Å²) in [6.07, 6.45) is 1.60. The summed E-state index contributed by atoms with van der Waals surface area (Å²) in [6.45, 7) is 6.49. The first kappa shape index (κ1) is 16.4. The van der Waals surface area contributed by atoms with Crippen LogP contribution in [0.15, 0.2) is 0 Å². The highest BCUT2D eigenvalue weighted by Crippen LogP contribution is 2.14. The van der Waals surface area contributed by atoms with Gasteiger partial charge in [0.2, 0.25) is 11.8 Å². The van der Waals surface area contributed by atoms with Crippen molar-refractivity contribution in [2.45, 2.75) is 58.5 Å². The Labute approximate surface area is 107 Å². The van der Waals surface area contributed by atoms with Crippen molar-refractivity contribution in [1.29, 1.82) is 0 Å². The molecule has 18 heavy (non-hydrogen) atoms. The number of carboxylic acid groups (broad SMARTS) is 1. The predicted octanol–water partition coefficient (Wildman–Crippen LogP) is 0.661. The van der Waals surface area contributed by atoms with Crippen molar-refractivity contribution in [2.75, 3.05) is 0 Å². The number of aliphatic carboxylic acids is 1. The van der Waals surface area contributed by atoms with E-state index in [9.17, 15) is 14.4 Å². The maximum atomic E-state index is 10.9. The molecule has 0 spiro atoms. The topological polar surface area (TPSA) is 95.5 Å². The third kappa shape index (κ3) is 7.65. The number of carboxylic acids is 1. The van der Waals surface area contributed by atoms with E-state index >= 15 is 0 Å². The smallest absolute Gasteiger partial charge is 0.326 e. The molecule has 0 aliphatic rings. The highest BCUT2D eigenvalue weighted by Gasteiger charge is 2.22. The standard InChI is InChI=1S/C12H22N2O4/c1-8(15)13-10(11(17)18)6-5-7-12(3,4)14-9(2)16/h10H,5-7H2,1-4H3,(H,13,15)(H,14,16)(H,17,18). The van der Waals surface area contributed by atoms with Crippen LogP contribution >= 0.6 is 0 Å². The first-order valence-electron chi connectivity index (χ1n) is 5.93. The molecule has 0 rings (SSSR count). The fourth-order valence-corrected chi connectivity index (χ4v) is 1.79. The van der Waals surface area contributed by atoms with E-state index in [2.05, 4.69) is 10.6 Å². The highest BCUT2D eigenvalue weighted by atomic mass is 16.4. The molecular weight excluding hydrogens is 236 g/mol. The summed E-state index contributed by atoms with van der Waals surface area (Å²) < 4.78 is 0. The number of rotatable bonds is 7. The third-order valence-corrected chi connectivity index (χ3v) is 2.48. The van der Waals surface area contributed by atoms with Crippen molar-refractivity contribution in [3.05, 3.63) is 0 Å². The van der Waals surface area contributed by atoms with Crippen LogP contribution in [0, 0.1) is 0 Å². The average molecular weight is 258 g/mol. The molecule has 0 fully saturated rings. The molecule has 0 aromatic carbocycles. The summed E-state index contributed by atoms with van der Waals surface area (Å²) in [5.41, 5.74) is -0.370. The van der Waals surface area contributed by atoms with Crippen molar-refractivity contribution in [3.63, 3.8) is 0 Å². The molecule has 0 aromatic rings. The van der Waals surface area contributed by atoms with Crippen LogP contribution in [-0.4, -0.2) is 34.5 Å². The summed E-state index contributed by atoms with van der Waals surface area (Å²) in [5, 5.41) is 14.1. The van der Waals surface area contributed by atoms with E-state index in [1.54, 1.807) is 0 Å². The van der Waals surface area contributed by atoms with E-state index in [0.29, 0.717) is 19.3 Å². The first-order valence-corrected chi connectivity index (χ1v) is 5.93. The largest absolute Gasteiger partial charge is 0.480 e. The van der Waals surface area contributed by atoms with Gasteiger partial charge in [0.05, 0.1) is 0 Å². The van der Waals surface area contributed by atoms with E-state index in [1.165, 1.54) is 13.8 Å². The van der Waals surface area contributed by atoms with E-state index < -0.39 is 12.0 Å². The molecule has 0 saturated heterocycles. The molecule has 0 aromatic heterocycles. The van der Waals surface area contributed by atoms with E-state index in [4.69, 9.17) is 5.11 Å². The van der Waals surface area contributed by atoms with Gasteiger partial charge in [-0.15, -0.1) is 0 Å². The number of hydrogen-bond donors (Lipinski definition) is 3. The van der Waals surface area contributed by atoms with E-state index in [0.717, 1.165) is 0 Å². The molecule has 1 atom stereocenters. The third-order valence-electron chi connectivity index (χ3n) is 2.48. The molecule has 1 unspecified atom stereocenters. The zero-order valence-electron chi connectivity index (χ0n) is 11.4. The Hall–Kier alpha value is -1.59. The van der Waals surface area contributed by atoms with Crippen LogP contribution in [-0.2, 0) is 14.4 Å². The molecule has 6 heteroatoms. The van der Waals surface area contributed by atoms with Crippen LogP contribution in [0.5, 0.6) is 0 Å². The van der Waals surface area contributed by atoms with Crippen LogP contribution in [0.1, 0.15) is 47.0 Å². The summed E-state index contributed by atoms with van der Waals surface area (Å²) >= 11 is 0. The van der Waals surface area contributed by atoms with Gasteiger partial charge in [0.25, 0.3) is 0 Å². The van der Waals surface area contributed by atoms with Crippen molar-refractivity contribution in [3.8, 4) is 0 Å². The second kappa shape index (κ2) is 6.98. The Morgan fingerprint density at radius 1 is 1.17 bits per heavy atom. The minimum absolute atomic E-state index is 0.114. The van der Waals surface area contributed by atoms with Gasteiger partial charge in [-0.25, -0.2) is 4.79 Å². The fraction of sp³-hybridized carbons (Fsp3) is 0.750. The predicted molar refractivity (Wildman–Crippen MR) is 67.0 cm³/mol. The maximum absolute atomic E-state index is 10.9. The minimum Gasteiger partial charge on any atom is -0.480 e. The summed E-state index contributed by atoms with van der Waals surface area (Å²) in [7, 11) is 0. The molecule has 0 saturated carbocycles. The van der Waals surface area contributed by atoms with Gasteiger partial charge >= 0.3 is 5.97 Å². The summed E-state index contributed by atoms with van der Waals surface area (Å²) in [4.78, 5) is 32.7. The quantitative estimate of drug-likeness (QED) is 0.625. The lowest BCUT2D eigenvalue weighted by molar-refractivity contribution is -0.141. The van der Waals surface area contributed by atoms with Gasteiger partial charge in [-0.1, -0.05) is 0 Å². The zero-order chi connectivity index (χ0) is 14.3. The van der Waals surface area contributed by atoms with Gasteiger partial charge in [-0.3, -0.25) is 9.59 Å². The van der Waals surface area contributed by atoms with Crippen LogP contribution in [0.25, 0.3) is 0 Å². The van der Waals surface area contributed by atoms with Crippen molar-refractivity contribution >= 4 is 17.8 Å². The second-order valence-corrected chi connectivity index (χ2v) is 5.05. The van der Waals surface area contributed by atoms with Crippen LogP contribution in [0.4, 0.5) is 0 Å². The maximum Gasteiger partial charge on any atom is 0.326 e. The van der Waals surface area contributed by atoms with Crippen molar-refractivity contribution < 1.29 is 19.5 Å². The number of carbonyl (C=O) groups excluding carboxylic acids is 2. The zero-order valence-corrected chi connectivity index (χ0v) is 11.4. The van der Waals surface area contributed by atoms with E-state index in [-0.39, 0.29) is 17.4 Å². The number of nitrogens with one attached hydrogen (secondary N) is 2. The van der Waals surface area contributed by atoms with Gasteiger partial charge in [-0.2, -0.15) is 0 Å². The van der Waals surface area contributed by atoms with Crippen LogP contribution < -0.4 is 10.6 Å². The molecule has 3 N–H and O–H groups in total. The SMILES string of the molecule is CC(=O)NC(CCCC(C)(C)NC(C)=O)C(=O)O. The molecule has 6 nitrogen and oxygen atoms in total. The lowest BCUT2D eigenvalue weighted by Crippen LogP contribution is -2.43. The van der Waals surface area contributed by atoms with Gasteiger partial charge in [-0.05, 0) is 33.1 Å². The molecule has 0 heterocycles. The normalized spacial score (nSPS) is 12.7. The molecule has 0 bridgehead atoms. The number of hydrogen-bond acceptors (Lipinski definition) is 3. The Kier molecular flexibility index (Phi) is 6.36. The molecule has 104 valence electrons. The second-order valence-electron chi connectivity index (χ2n) is 5.05. The Morgan fingerprint density at radius 3 is 2.11 bits per heavy atom. The lowest BCUT2D eigenvalue weighted by Gasteiger charge is -2.26. The Balaban J connectivity index is 4.17. The van der Waals surface area contributed by atoms with Crippen LogP contribution in [0.3, 0.4) is 0 Å². The summed E-state index contributed by atoms with van der Waals surface area (Å²) in [5.74, 6) is -1.51. The average Bonchev–Trinajstić information content (AvgIpc) is 2.12.